The van der Waals surface area contributed by atoms with E-state index in [-0.39, 0.29) is 11.4 Å². The fourth-order valence-electron chi connectivity index (χ4n) is 4.37. The first-order chi connectivity index (χ1) is 17.6. The molecule has 0 unspecified atom stereocenters. The van der Waals surface area contributed by atoms with Gasteiger partial charge >= 0.3 is 0 Å². The molecule has 3 rings (SSSR count). The Kier molecular flexibility index (Phi) is 12.0. The van der Waals surface area contributed by atoms with Gasteiger partial charge in [0.25, 0.3) is 11.4 Å². The third-order valence-electron chi connectivity index (χ3n) is 6.29. The number of hydrogen-bond acceptors (Lipinski definition) is 12. The molecule has 202 valence electrons. The van der Waals surface area contributed by atoms with E-state index < -0.39 is 9.85 Å². The van der Waals surface area contributed by atoms with Crippen LogP contribution in [0.4, 0.5) is 22.7 Å². The summed E-state index contributed by atoms with van der Waals surface area (Å²) in [5.74, 6) is 0. The SMILES string of the molecule is O=[N+]([O-])c1cc([N+](=O)[O-])c(N2CCNCCNCCNCC2)cc1N1CCNCCNCCNCC1. The predicted octanol–water partition coefficient (Wildman–Crippen LogP) is -1.32. The van der Waals surface area contributed by atoms with Crippen LogP contribution in [0.15, 0.2) is 12.1 Å². The molecule has 0 aromatic heterocycles. The highest BCUT2D eigenvalue weighted by atomic mass is 16.6. The quantitative estimate of drug-likeness (QED) is 0.210. The number of nitro benzene ring substituents is 2. The van der Waals surface area contributed by atoms with Gasteiger partial charge in [-0.05, 0) is 6.07 Å². The molecule has 36 heavy (non-hydrogen) atoms. The molecule has 14 heteroatoms. The van der Waals surface area contributed by atoms with Crippen LogP contribution < -0.4 is 41.7 Å². The van der Waals surface area contributed by atoms with Gasteiger partial charge in [-0.3, -0.25) is 20.2 Å². The zero-order chi connectivity index (χ0) is 25.6. The van der Waals surface area contributed by atoms with Crippen LogP contribution in [-0.4, -0.2) is 115 Å². The van der Waals surface area contributed by atoms with Crippen LogP contribution in [0.3, 0.4) is 0 Å². The van der Waals surface area contributed by atoms with Crippen LogP contribution in [0.25, 0.3) is 0 Å². The van der Waals surface area contributed by atoms with Gasteiger partial charge in [-0.25, -0.2) is 0 Å². The molecule has 0 amide bonds. The van der Waals surface area contributed by atoms with E-state index >= 15 is 0 Å². The molecule has 1 aromatic carbocycles. The van der Waals surface area contributed by atoms with Crippen molar-refractivity contribution in [1.82, 2.24) is 31.9 Å². The topological polar surface area (TPSA) is 165 Å². The van der Waals surface area contributed by atoms with E-state index in [9.17, 15) is 20.2 Å². The minimum atomic E-state index is -0.514. The van der Waals surface area contributed by atoms with Crippen molar-refractivity contribution in [3.63, 3.8) is 0 Å². The van der Waals surface area contributed by atoms with E-state index in [1.165, 1.54) is 0 Å². The van der Waals surface area contributed by atoms with Crippen molar-refractivity contribution in [2.75, 3.05) is 115 Å². The number of nitro groups is 2. The predicted molar refractivity (Wildman–Crippen MR) is 141 cm³/mol. The second kappa shape index (κ2) is 15.5. The fraction of sp³-hybridized carbons (Fsp3) is 0.727. The van der Waals surface area contributed by atoms with Gasteiger partial charge in [0, 0.05) is 105 Å². The molecular formula is C22H40N10O4. The van der Waals surface area contributed by atoms with E-state index in [0.717, 1.165) is 58.4 Å². The molecule has 2 aliphatic heterocycles. The first kappa shape index (κ1) is 28.0. The van der Waals surface area contributed by atoms with Crippen molar-refractivity contribution in [1.29, 1.82) is 0 Å². The van der Waals surface area contributed by atoms with Crippen LogP contribution in [0.1, 0.15) is 0 Å². The van der Waals surface area contributed by atoms with Crippen LogP contribution in [0, 0.1) is 20.2 Å². The Balaban J connectivity index is 1.94. The van der Waals surface area contributed by atoms with Crippen LogP contribution >= 0.6 is 0 Å². The molecule has 2 fully saturated rings. The summed E-state index contributed by atoms with van der Waals surface area (Å²) in [7, 11) is 0. The molecule has 14 nitrogen and oxygen atoms in total. The molecular weight excluding hydrogens is 468 g/mol. The highest BCUT2D eigenvalue weighted by Gasteiger charge is 2.30. The Morgan fingerprint density at radius 2 is 0.778 bits per heavy atom. The lowest BCUT2D eigenvalue weighted by Crippen LogP contribution is -2.43. The number of anilines is 2. The maximum atomic E-state index is 12.0. The zero-order valence-corrected chi connectivity index (χ0v) is 20.9. The molecule has 6 N–H and O–H groups in total. The largest absolute Gasteiger partial charge is 0.363 e. The van der Waals surface area contributed by atoms with Crippen LogP contribution in [0.2, 0.25) is 0 Å². The number of nitrogens with one attached hydrogen (secondary N) is 6. The van der Waals surface area contributed by atoms with Crippen molar-refractivity contribution < 1.29 is 9.85 Å². The molecule has 0 radical (unpaired) electrons. The van der Waals surface area contributed by atoms with Gasteiger partial charge in [0.05, 0.1) is 15.9 Å². The lowest BCUT2D eigenvalue weighted by Gasteiger charge is -2.29. The van der Waals surface area contributed by atoms with Gasteiger partial charge in [-0.15, -0.1) is 0 Å². The van der Waals surface area contributed by atoms with E-state index in [0.29, 0.717) is 63.7 Å². The average molecular weight is 509 g/mol. The Labute approximate surface area is 211 Å². The van der Waals surface area contributed by atoms with Gasteiger partial charge in [0.15, 0.2) is 0 Å². The smallest absolute Gasteiger partial charge is 0.299 e. The Bertz CT molecular complexity index is 756. The monoisotopic (exact) mass is 508 g/mol. The summed E-state index contributed by atoms with van der Waals surface area (Å²) in [5, 5.41) is 44.2. The first-order valence-corrected chi connectivity index (χ1v) is 12.8. The fourth-order valence-corrected chi connectivity index (χ4v) is 4.37. The Hall–Kier alpha value is -2.62. The average Bonchev–Trinajstić information content (AvgIpc) is 2.84. The highest BCUT2D eigenvalue weighted by molar-refractivity contribution is 5.78. The first-order valence-electron chi connectivity index (χ1n) is 12.8. The second-order valence-corrected chi connectivity index (χ2v) is 8.82. The van der Waals surface area contributed by atoms with Crippen molar-refractivity contribution in [3.05, 3.63) is 32.4 Å². The maximum Gasteiger partial charge on any atom is 0.299 e. The maximum absolute atomic E-state index is 12.0. The van der Waals surface area contributed by atoms with Crippen molar-refractivity contribution >= 4 is 22.7 Å². The third kappa shape index (κ3) is 8.80. The van der Waals surface area contributed by atoms with Gasteiger partial charge in [-0.1, -0.05) is 0 Å². The molecule has 0 spiro atoms. The Morgan fingerprint density at radius 1 is 0.500 bits per heavy atom. The minimum Gasteiger partial charge on any atom is -0.363 e. The summed E-state index contributed by atoms with van der Waals surface area (Å²) in [4.78, 5) is 27.0. The molecule has 0 aliphatic carbocycles. The number of hydrogen-bond donors (Lipinski definition) is 6. The highest BCUT2D eigenvalue weighted by Crippen LogP contribution is 2.39. The molecule has 0 atom stereocenters. The summed E-state index contributed by atoms with van der Waals surface area (Å²) in [6.07, 6.45) is 0. The minimum absolute atomic E-state index is 0.240. The molecule has 0 bridgehead atoms. The van der Waals surface area contributed by atoms with E-state index in [4.69, 9.17) is 0 Å². The number of nitrogens with zero attached hydrogens (tertiary/aromatic N) is 4. The van der Waals surface area contributed by atoms with Gasteiger partial charge in [-0.2, -0.15) is 0 Å². The van der Waals surface area contributed by atoms with Crippen molar-refractivity contribution in [3.8, 4) is 0 Å². The molecule has 2 heterocycles. The van der Waals surface area contributed by atoms with E-state index in [2.05, 4.69) is 31.9 Å². The number of benzene rings is 1. The summed E-state index contributed by atoms with van der Waals surface area (Å²) < 4.78 is 0. The van der Waals surface area contributed by atoms with Crippen LogP contribution in [-0.2, 0) is 0 Å². The van der Waals surface area contributed by atoms with E-state index in [1.807, 2.05) is 9.80 Å². The molecule has 2 saturated heterocycles. The molecule has 0 saturated carbocycles. The summed E-state index contributed by atoms with van der Waals surface area (Å²) >= 11 is 0. The Morgan fingerprint density at radius 3 is 1.06 bits per heavy atom. The summed E-state index contributed by atoms with van der Waals surface area (Å²) in [6.45, 7) is 11.4. The normalized spacial score (nSPS) is 20.3. The van der Waals surface area contributed by atoms with Crippen molar-refractivity contribution in [2.24, 2.45) is 0 Å². The second-order valence-electron chi connectivity index (χ2n) is 8.82. The number of rotatable bonds is 4. The molecule has 2 aliphatic rings. The van der Waals surface area contributed by atoms with Crippen LogP contribution in [0.5, 0.6) is 0 Å². The van der Waals surface area contributed by atoms with Gasteiger partial charge in [0.2, 0.25) is 0 Å². The lowest BCUT2D eigenvalue weighted by molar-refractivity contribution is -0.393. The van der Waals surface area contributed by atoms with Crippen molar-refractivity contribution in [2.45, 2.75) is 0 Å². The standard InChI is InChI=1S/C22H40N10O4/c33-31(34)21-18-22(32(35)36)20(30-15-11-27-7-3-24-4-8-28-12-16-30)17-19(21)29-13-9-25-5-1-23-2-6-26-10-14-29/h17-18,23-28H,1-16H2. The zero-order valence-electron chi connectivity index (χ0n) is 20.9. The van der Waals surface area contributed by atoms with E-state index in [1.54, 1.807) is 6.07 Å². The van der Waals surface area contributed by atoms with Gasteiger partial charge in [0.1, 0.15) is 11.4 Å². The summed E-state index contributed by atoms with van der Waals surface area (Å²) in [6, 6.07) is 2.78. The molecule has 1 aromatic rings. The summed E-state index contributed by atoms with van der Waals surface area (Å²) in [5.41, 5.74) is 0.345. The third-order valence-corrected chi connectivity index (χ3v) is 6.29. The van der Waals surface area contributed by atoms with Gasteiger partial charge < -0.3 is 41.7 Å². The lowest BCUT2D eigenvalue weighted by atomic mass is 10.1.